The van der Waals surface area contributed by atoms with Crippen LogP contribution in [0.3, 0.4) is 0 Å². The number of benzene rings is 2. The van der Waals surface area contributed by atoms with E-state index in [1.807, 2.05) is 6.07 Å². The molecule has 6 heteroatoms. The Balaban J connectivity index is 1.42. The summed E-state index contributed by atoms with van der Waals surface area (Å²) in [5, 5.41) is 10.8. The first kappa shape index (κ1) is 23.3. The van der Waals surface area contributed by atoms with Gasteiger partial charge in [-0.05, 0) is 67.6 Å². The molecule has 6 nitrogen and oxygen atoms in total. The highest BCUT2D eigenvalue weighted by Crippen LogP contribution is 2.35. The maximum absolute atomic E-state index is 11.5. The molecule has 2 aromatic carbocycles. The van der Waals surface area contributed by atoms with E-state index >= 15 is 0 Å². The molecule has 0 amide bonds. The van der Waals surface area contributed by atoms with E-state index in [-0.39, 0.29) is 5.56 Å². The number of piperidine rings is 1. The van der Waals surface area contributed by atoms with Gasteiger partial charge in [-0.3, -0.25) is 4.90 Å². The summed E-state index contributed by atoms with van der Waals surface area (Å²) in [6.07, 6.45) is 5.58. The van der Waals surface area contributed by atoms with Gasteiger partial charge >= 0.3 is 5.97 Å². The molecule has 1 saturated heterocycles. The van der Waals surface area contributed by atoms with Gasteiger partial charge in [-0.25, -0.2) is 4.79 Å². The van der Waals surface area contributed by atoms with Crippen LogP contribution in [0.15, 0.2) is 48.7 Å². The quantitative estimate of drug-likeness (QED) is 0.433. The lowest BCUT2D eigenvalue weighted by Crippen LogP contribution is -2.32. The summed E-state index contributed by atoms with van der Waals surface area (Å²) in [6.45, 7) is 7.32. The van der Waals surface area contributed by atoms with Gasteiger partial charge in [0, 0.05) is 36.8 Å². The molecule has 0 aliphatic carbocycles. The summed E-state index contributed by atoms with van der Waals surface area (Å²) in [5.74, 6) is -0.0141. The molecule has 0 bridgehead atoms. The number of fused-ring (bicyclic) bond motifs is 1. The molecule has 2 heterocycles. The molecule has 0 radical (unpaired) electrons. The predicted octanol–water partition coefficient (Wildman–Crippen LogP) is 5.15. The van der Waals surface area contributed by atoms with Crippen LogP contribution in [-0.4, -0.2) is 54.0 Å². The highest BCUT2D eigenvalue weighted by Gasteiger charge is 2.24. The van der Waals surface area contributed by atoms with E-state index in [4.69, 9.17) is 9.47 Å². The Bertz CT molecular complexity index is 1080. The number of methoxy groups -OCH3 is 1. The van der Waals surface area contributed by atoms with Gasteiger partial charge in [0.15, 0.2) is 0 Å². The number of carbonyl (C=O) groups is 1. The average molecular weight is 451 g/mol. The van der Waals surface area contributed by atoms with E-state index in [0.717, 1.165) is 64.2 Å². The molecule has 1 N–H and O–H groups in total. The molecule has 4 rings (SSSR count). The van der Waals surface area contributed by atoms with Crippen LogP contribution in [0.25, 0.3) is 10.9 Å². The molecule has 1 aliphatic rings. The maximum Gasteiger partial charge on any atom is 0.339 e. The van der Waals surface area contributed by atoms with Crippen LogP contribution in [0.5, 0.6) is 5.75 Å². The van der Waals surface area contributed by atoms with Crippen molar-refractivity contribution >= 4 is 16.9 Å². The lowest BCUT2D eigenvalue weighted by molar-refractivity contribution is 0.0693. The number of para-hydroxylation sites is 1. The van der Waals surface area contributed by atoms with Gasteiger partial charge in [-0.1, -0.05) is 31.2 Å². The smallest absolute Gasteiger partial charge is 0.339 e. The number of ether oxygens (including phenoxy) is 2. The topological polar surface area (TPSA) is 63.9 Å². The minimum Gasteiger partial charge on any atom is -0.496 e. The molecule has 1 fully saturated rings. The third-order valence-corrected chi connectivity index (χ3v) is 6.57. The van der Waals surface area contributed by atoms with Gasteiger partial charge in [0.1, 0.15) is 11.3 Å². The zero-order chi connectivity index (χ0) is 23.2. The van der Waals surface area contributed by atoms with Gasteiger partial charge in [0.25, 0.3) is 0 Å². The van der Waals surface area contributed by atoms with Gasteiger partial charge in [0.2, 0.25) is 0 Å². The minimum absolute atomic E-state index is 0.223. The van der Waals surface area contributed by atoms with E-state index in [9.17, 15) is 9.90 Å². The second-order valence-electron chi connectivity index (χ2n) is 8.80. The number of hydrogen-bond acceptors (Lipinski definition) is 4. The van der Waals surface area contributed by atoms with Crippen molar-refractivity contribution < 1.29 is 19.4 Å². The van der Waals surface area contributed by atoms with Crippen molar-refractivity contribution in [2.45, 2.75) is 45.2 Å². The van der Waals surface area contributed by atoms with E-state index in [1.54, 1.807) is 12.1 Å². The number of nitrogens with zero attached hydrogens (tertiary/aromatic N) is 2. The first-order chi connectivity index (χ1) is 16.1. The third-order valence-electron chi connectivity index (χ3n) is 6.57. The maximum atomic E-state index is 11.5. The number of likely N-dealkylation sites (tertiary alicyclic amines) is 1. The fourth-order valence-corrected chi connectivity index (χ4v) is 4.88. The first-order valence-corrected chi connectivity index (χ1v) is 11.9. The van der Waals surface area contributed by atoms with Crippen molar-refractivity contribution in [3.05, 3.63) is 65.4 Å². The SMILES string of the molecule is CCCOCCn1cc(C2CCN(Cc3ccc(OC)c(C(=O)O)c3)CC2)c2ccccc21. The van der Waals surface area contributed by atoms with Crippen molar-refractivity contribution in [3.8, 4) is 5.75 Å². The predicted molar refractivity (Wildman–Crippen MR) is 130 cm³/mol. The van der Waals surface area contributed by atoms with Crippen LogP contribution in [0.2, 0.25) is 0 Å². The fraction of sp³-hybridized carbons (Fsp3) is 0.444. The molecule has 0 unspecified atom stereocenters. The fourth-order valence-electron chi connectivity index (χ4n) is 4.88. The van der Waals surface area contributed by atoms with E-state index in [1.165, 1.54) is 23.6 Å². The Labute approximate surface area is 195 Å². The van der Waals surface area contributed by atoms with Crippen molar-refractivity contribution in [2.24, 2.45) is 0 Å². The molecular weight excluding hydrogens is 416 g/mol. The Morgan fingerprint density at radius 1 is 1.12 bits per heavy atom. The largest absolute Gasteiger partial charge is 0.496 e. The van der Waals surface area contributed by atoms with Crippen molar-refractivity contribution in [3.63, 3.8) is 0 Å². The minimum atomic E-state index is -0.955. The number of hydrogen-bond donors (Lipinski definition) is 1. The Hall–Kier alpha value is -2.83. The van der Waals surface area contributed by atoms with Crippen molar-refractivity contribution in [1.82, 2.24) is 9.47 Å². The highest BCUT2D eigenvalue weighted by molar-refractivity contribution is 5.91. The van der Waals surface area contributed by atoms with Gasteiger partial charge in [0.05, 0.1) is 13.7 Å². The number of carboxylic acids is 1. The Morgan fingerprint density at radius 2 is 1.91 bits per heavy atom. The summed E-state index contributed by atoms with van der Waals surface area (Å²) < 4.78 is 13.3. The van der Waals surface area contributed by atoms with Crippen molar-refractivity contribution in [1.29, 1.82) is 0 Å². The third kappa shape index (κ3) is 5.40. The van der Waals surface area contributed by atoms with Crippen LogP contribution in [0.1, 0.15) is 53.6 Å². The second-order valence-corrected chi connectivity index (χ2v) is 8.80. The van der Waals surface area contributed by atoms with Crippen LogP contribution in [-0.2, 0) is 17.8 Å². The van der Waals surface area contributed by atoms with Crippen LogP contribution in [0.4, 0.5) is 0 Å². The average Bonchev–Trinajstić information content (AvgIpc) is 3.21. The Kier molecular flexibility index (Phi) is 7.68. The number of rotatable bonds is 10. The van der Waals surface area contributed by atoms with E-state index in [0.29, 0.717) is 11.7 Å². The number of carboxylic acid groups (broad SMARTS) is 1. The van der Waals surface area contributed by atoms with E-state index < -0.39 is 5.97 Å². The van der Waals surface area contributed by atoms with E-state index in [2.05, 4.69) is 46.9 Å². The number of aromatic nitrogens is 1. The zero-order valence-electron chi connectivity index (χ0n) is 19.6. The monoisotopic (exact) mass is 450 g/mol. The molecule has 0 spiro atoms. The summed E-state index contributed by atoms with van der Waals surface area (Å²) >= 11 is 0. The zero-order valence-corrected chi connectivity index (χ0v) is 19.6. The van der Waals surface area contributed by atoms with Crippen LogP contribution >= 0.6 is 0 Å². The van der Waals surface area contributed by atoms with Gasteiger partial charge in [-0.15, -0.1) is 0 Å². The Morgan fingerprint density at radius 3 is 2.64 bits per heavy atom. The van der Waals surface area contributed by atoms with Crippen LogP contribution in [0, 0.1) is 0 Å². The van der Waals surface area contributed by atoms with Crippen molar-refractivity contribution in [2.75, 3.05) is 33.4 Å². The van der Waals surface area contributed by atoms with Gasteiger partial charge < -0.3 is 19.1 Å². The molecule has 176 valence electrons. The molecular formula is C27H34N2O4. The lowest BCUT2D eigenvalue weighted by atomic mass is 9.89. The summed E-state index contributed by atoms with van der Waals surface area (Å²) in [4.78, 5) is 13.9. The molecule has 33 heavy (non-hydrogen) atoms. The molecule has 1 aliphatic heterocycles. The second kappa shape index (κ2) is 10.9. The molecule has 3 aromatic rings. The van der Waals surface area contributed by atoms with Crippen LogP contribution < -0.4 is 4.74 Å². The highest BCUT2D eigenvalue weighted by atomic mass is 16.5. The normalized spacial score (nSPS) is 15.2. The standard InChI is InChI=1S/C27H34N2O4/c1-3-15-33-16-14-29-19-24(22-6-4-5-7-25(22)29)21-10-12-28(13-11-21)18-20-8-9-26(32-2)23(17-20)27(30)31/h4-9,17,19,21H,3,10-16,18H2,1-2H3,(H,30,31). The molecule has 1 aromatic heterocycles. The van der Waals surface area contributed by atoms with Gasteiger partial charge in [-0.2, -0.15) is 0 Å². The summed E-state index contributed by atoms with van der Waals surface area (Å²) in [6, 6.07) is 14.1. The molecule has 0 atom stereocenters. The summed E-state index contributed by atoms with van der Waals surface area (Å²) in [5.41, 5.74) is 3.96. The number of aromatic carboxylic acids is 1. The first-order valence-electron chi connectivity index (χ1n) is 11.9. The molecule has 0 saturated carbocycles. The summed E-state index contributed by atoms with van der Waals surface area (Å²) in [7, 11) is 1.50. The lowest BCUT2D eigenvalue weighted by Gasteiger charge is -2.32.